The van der Waals surface area contributed by atoms with Gasteiger partial charge in [-0.1, -0.05) is 61.9 Å². The molecule has 0 heterocycles. The van der Waals surface area contributed by atoms with Crippen molar-refractivity contribution in [1.82, 2.24) is 0 Å². The molecule has 1 atom stereocenters. The van der Waals surface area contributed by atoms with Crippen LogP contribution in [0.1, 0.15) is 24.5 Å². The monoisotopic (exact) mass is 221 g/mol. The van der Waals surface area contributed by atoms with Crippen molar-refractivity contribution in [3.05, 3.63) is 66.1 Å². The first-order valence-electron chi connectivity index (χ1n) is 6.40. The summed E-state index contributed by atoms with van der Waals surface area (Å²) in [6, 6.07) is 17.4. The van der Waals surface area contributed by atoms with E-state index in [1.807, 2.05) is 0 Å². The van der Waals surface area contributed by atoms with Crippen LogP contribution in [-0.2, 0) is 6.42 Å². The molecule has 2 aromatic rings. The van der Waals surface area contributed by atoms with E-state index in [0.717, 1.165) is 5.92 Å². The highest BCUT2D eigenvalue weighted by atomic mass is 14.3. The van der Waals surface area contributed by atoms with Gasteiger partial charge in [0, 0.05) is 0 Å². The Hall–Kier alpha value is -1.56. The molecule has 85 valence electrons. The fraction of sp³-hybridized carbons (Fsp3) is 0.235. The molecular weight excluding hydrogens is 204 g/mol. The number of fused-ring (bicyclic) bond motifs is 1. The van der Waals surface area contributed by atoms with Gasteiger partial charge in [-0.2, -0.15) is 0 Å². The first-order valence-corrected chi connectivity index (χ1v) is 6.40. The lowest BCUT2D eigenvalue weighted by atomic mass is 9.96. The highest BCUT2D eigenvalue weighted by Gasteiger charge is 2.22. The fourth-order valence-corrected chi connectivity index (χ4v) is 2.71. The van der Waals surface area contributed by atoms with Gasteiger partial charge in [0.05, 0.1) is 0 Å². The molecule has 0 aliphatic heterocycles. The van der Waals surface area contributed by atoms with Crippen molar-refractivity contribution in [1.29, 1.82) is 0 Å². The highest BCUT2D eigenvalue weighted by Crippen LogP contribution is 2.36. The average Bonchev–Trinajstić information content (AvgIpc) is 2.82. The third-order valence-electron chi connectivity index (χ3n) is 3.70. The van der Waals surface area contributed by atoms with Crippen molar-refractivity contribution >= 4 is 0 Å². The van der Waals surface area contributed by atoms with Gasteiger partial charge in [0.25, 0.3) is 0 Å². The Bertz CT molecular complexity index is 511. The minimum Gasteiger partial charge on any atom is -0.0651 e. The Balaban J connectivity index is 2.07. The first-order chi connectivity index (χ1) is 8.38. The van der Waals surface area contributed by atoms with Crippen LogP contribution in [0.25, 0.3) is 11.1 Å². The van der Waals surface area contributed by atoms with Crippen molar-refractivity contribution < 1.29 is 0 Å². The summed E-state index contributed by atoms with van der Waals surface area (Å²) in [5.41, 5.74) is 5.73. The van der Waals surface area contributed by atoms with E-state index in [1.54, 1.807) is 0 Å². The molecule has 0 amide bonds. The zero-order chi connectivity index (χ0) is 11.7. The molecule has 1 aliphatic rings. The maximum Gasteiger partial charge on any atom is -0.00558 e. The van der Waals surface area contributed by atoms with Crippen LogP contribution in [0.4, 0.5) is 0 Å². The summed E-state index contributed by atoms with van der Waals surface area (Å²) in [5.74, 6) is 0.731. The van der Waals surface area contributed by atoms with Crippen molar-refractivity contribution in [2.45, 2.75) is 19.8 Å². The summed E-state index contributed by atoms with van der Waals surface area (Å²) >= 11 is 0. The van der Waals surface area contributed by atoms with E-state index in [0.29, 0.717) is 0 Å². The normalized spacial score (nSPS) is 18.1. The van der Waals surface area contributed by atoms with E-state index < -0.39 is 0 Å². The molecule has 0 heteroatoms. The Labute approximate surface area is 103 Å². The van der Waals surface area contributed by atoms with Gasteiger partial charge in [-0.15, -0.1) is 0 Å². The van der Waals surface area contributed by atoms with Crippen LogP contribution in [0.3, 0.4) is 0 Å². The molecule has 0 aromatic heterocycles. The minimum atomic E-state index is 0.731. The molecule has 0 saturated heterocycles. The Kier molecular flexibility index (Phi) is 2.72. The van der Waals surface area contributed by atoms with E-state index in [2.05, 4.69) is 61.9 Å². The van der Waals surface area contributed by atoms with E-state index in [4.69, 9.17) is 0 Å². The second-order valence-electron chi connectivity index (χ2n) is 4.78. The van der Waals surface area contributed by atoms with Crippen LogP contribution in [0, 0.1) is 12.3 Å². The summed E-state index contributed by atoms with van der Waals surface area (Å²) in [6.45, 7) is 2.27. The average molecular weight is 221 g/mol. The van der Waals surface area contributed by atoms with Gasteiger partial charge in [-0.3, -0.25) is 0 Å². The van der Waals surface area contributed by atoms with Gasteiger partial charge in [0.1, 0.15) is 0 Å². The largest absolute Gasteiger partial charge is 0.0651 e. The molecular formula is C17H17. The molecule has 0 bridgehead atoms. The topological polar surface area (TPSA) is 0 Å². The van der Waals surface area contributed by atoms with Crippen LogP contribution >= 0.6 is 0 Å². The van der Waals surface area contributed by atoms with E-state index >= 15 is 0 Å². The van der Waals surface area contributed by atoms with Crippen molar-refractivity contribution in [2.24, 2.45) is 5.92 Å². The number of benzene rings is 2. The number of hydrogen-bond donors (Lipinski definition) is 0. The fourth-order valence-electron chi connectivity index (χ4n) is 2.71. The Morgan fingerprint density at radius 3 is 2.59 bits per heavy atom. The third kappa shape index (κ3) is 1.88. The van der Waals surface area contributed by atoms with Crippen molar-refractivity contribution in [3.63, 3.8) is 0 Å². The second kappa shape index (κ2) is 4.37. The predicted molar refractivity (Wildman–Crippen MR) is 72.8 cm³/mol. The lowest BCUT2D eigenvalue weighted by Gasteiger charge is -2.08. The van der Waals surface area contributed by atoms with Gasteiger partial charge in [-0.25, -0.2) is 0 Å². The Morgan fingerprint density at radius 1 is 1.00 bits per heavy atom. The van der Waals surface area contributed by atoms with Gasteiger partial charge in [0.15, 0.2) is 0 Å². The number of rotatable bonds is 2. The van der Waals surface area contributed by atoms with Crippen molar-refractivity contribution in [3.8, 4) is 11.1 Å². The van der Waals surface area contributed by atoms with Crippen LogP contribution < -0.4 is 0 Å². The highest BCUT2D eigenvalue weighted by molar-refractivity contribution is 5.70. The van der Waals surface area contributed by atoms with E-state index in [1.165, 1.54) is 35.1 Å². The van der Waals surface area contributed by atoms with Crippen molar-refractivity contribution in [2.75, 3.05) is 0 Å². The molecule has 1 aliphatic carbocycles. The summed E-state index contributed by atoms with van der Waals surface area (Å²) in [7, 11) is 0. The van der Waals surface area contributed by atoms with Gasteiger partial charge < -0.3 is 0 Å². The molecule has 0 saturated carbocycles. The second-order valence-corrected chi connectivity index (χ2v) is 4.78. The van der Waals surface area contributed by atoms with Crippen LogP contribution in [-0.4, -0.2) is 0 Å². The van der Waals surface area contributed by atoms with Crippen LogP contribution in [0.2, 0.25) is 0 Å². The SMILES string of the molecule is CCC1[CH]c2cccc(-c3ccccc3)c2C1. The maximum absolute atomic E-state index is 2.43. The molecule has 2 aromatic carbocycles. The zero-order valence-electron chi connectivity index (χ0n) is 10.2. The third-order valence-corrected chi connectivity index (χ3v) is 3.70. The minimum absolute atomic E-state index is 0.731. The van der Waals surface area contributed by atoms with Gasteiger partial charge in [-0.05, 0) is 41.0 Å². The quantitative estimate of drug-likeness (QED) is 0.701. The molecule has 0 spiro atoms. The predicted octanol–water partition coefficient (Wildman–Crippen LogP) is 4.49. The molecule has 17 heavy (non-hydrogen) atoms. The molecule has 0 nitrogen and oxygen atoms in total. The summed E-state index contributed by atoms with van der Waals surface area (Å²) in [4.78, 5) is 0. The maximum atomic E-state index is 2.43. The zero-order valence-corrected chi connectivity index (χ0v) is 10.2. The molecule has 0 fully saturated rings. The summed E-state index contributed by atoms with van der Waals surface area (Å²) in [6.07, 6.45) is 4.88. The lowest BCUT2D eigenvalue weighted by molar-refractivity contribution is 0.623. The van der Waals surface area contributed by atoms with Gasteiger partial charge >= 0.3 is 0 Å². The molecule has 1 unspecified atom stereocenters. The smallest absolute Gasteiger partial charge is 0.00558 e. The molecule has 3 rings (SSSR count). The molecule has 1 radical (unpaired) electrons. The first kappa shape index (κ1) is 10.6. The van der Waals surface area contributed by atoms with Crippen LogP contribution in [0.15, 0.2) is 48.5 Å². The Morgan fingerprint density at radius 2 is 1.82 bits per heavy atom. The standard InChI is InChI=1S/C17H17/c1-2-13-11-15-9-6-10-16(17(15)12-13)14-7-4-3-5-8-14/h3-11,13H,2,12H2,1H3. The van der Waals surface area contributed by atoms with Crippen LogP contribution in [0.5, 0.6) is 0 Å². The van der Waals surface area contributed by atoms with E-state index in [-0.39, 0.29) is 0 Å². The summed E-state index contributed by atoms with van der Waals surface area (Å²) in [5, 5.41) is 0. The number of hydrogen-bond acceptors (Lipinski definition) is 0. The van der Waals surface area contributed by atoms with Gasteiger partial charge in [0.2, 0.25) is 0 Å². The molecule has 0 N–H and O–H groups in total. The lowest BCUT2D eigenvalue weighted by Crippen LogP contribution is -1.94. The van der Waals surface area contributed by atoms with E-state index in [9.17, 15) is 0 Å². The summed E-state index contributed by atoms with van der Waals surface area (Å²) < 4.78 is 0.